The number of phenols is 2. The topological polar surface area (TPSA) is 293 Å². The highest BCUT2D eigenvalue weighted by molar-refractivity contribution is 6.02. The number of Topliss-reactive ketones (excluding diaryl/α,β-unsaturated/α-hetero) is 1. The Morgan fingerprint density at radius 3 is 2.27 bits per heavy atom. The van der Waals surface area contributed by atoms with Gasteiger partial charge in [-0.2, -0.15) is 0 Å². The summed E-state index contributed by atoms with van der Waals surface area (Å²) in [6.07, 6.45) is -16.0. The number of aliphatic hydroxyl groups excluding tert-OH is 6. The van der Waals surface area contributed by atoms with Gasteiger partial charge in [0.25, 0.3) is 0 Å². The summed E-state index contributed by atoms with van der Waals surface area (Å²) in [7, 11) is 1.36. The third-order valence-electron chi connectivity index (χ3n) is 9.30. The number of carbonyl (C=O) groups is 1. The number of aliphatic hydroxyl groups is 8. The molecule has 0 radical (unpaired) electrons. The van der Waals surface area contributed by atoms with Crippen LogP contribution in [0.15, 0.2) is 30.3 Å². The first-order valence-electron chi connectivity index (χ1n) is 15.9. The summed E-state index contributed by atoms with van der Waals surface area (Å²) >= 11 is 0. The third kappa shape index (κ3) is 7.05. The van der Waals surface area contributed by atoms with E-state index in [0.29, 0.717) is 5.56 Å². The molecular weight excluding hydrogens is 688 g/mol. The highest BCUT2D eigenvalue weighted by Gasteiger charge is 2.55. The van der Waals surface area contributed by atoms with Gasteiger partial charge in [0.15, 0.2) is 36.0 Å². The number of aromatic hydroxyl groups is 2. The van der Waals surface area contributed by atoms with Crippen LogP contribution in [0.3, 0.4) is 0 Å². The number of benzene rings is 2. The Kier molecular flexibility index (Phi) is 10.7. The van der Waals surface area contributed by atoms with Crippen molar-refractivity contribution in [2.45, 2.75) is 79.2 Å². The van der Waals surface area contributed by atoms with Crippen molar-refractivity contribution in [2.24, 2.45) is 0 Å². The predicted molar refractivity (Wildman–Crippen MR) is 163 cm³/mol. The molecule has 4 heterocycles. The monoisotopic (exact) mass is 728 g/mol. The van der Waals surface area contributed by atoms with E-state index >= 15 is 0 Å². The van der Waals surface area contributed by atoms with E-state index in [1.807, 2.05) is 0 Å². The summed E-state index contributed by atoms with van der Waals surface area (Å²) in [6.45, 7) is -3.36. The lowest BCUT2D eigenvalue weighted by atomic mass is 9.95. The molecule has 3 saturated heterocycles. The number of phenolic OH excluding ortho intramolecular Hbond substituents is 2. The zero-order valence-electron chi connectivity index (χ0n) is 27.0. The summed E-state index contributed by atoms with van der Waals surface area (Å²) in [4.78, 5) is 13.1. The maximum atomic E-state index is 13.1. The molecule has 0 spiro atoms. The van der Waals surface area contributed by atoms with Crippen molar-refractivity contribution in [1.29, 1.82) is 0 Å². The van der Waals surface area contributed by atoms with Gasteiger partial charge in [0.1, 0.15) is 70.6 Å². The van der Waals surface area contributed by atoms with Crippen LogP contribution in [0.25, 0.3) is 0 Å². The Balaban J connectivity index is 1.18. The van der Waals surface area contributed by atoms with Gasteiger partial charge in [0.2, 0.25) is 6.29 Å². The molecule has 0 bridgehead atoms. The quantitative estimate of drug-likeness (QED) is 0.110. The van der Waals surface area contributed by atoms with Crippen LogP contribution < -0.4 is 14.2 Å². The third-order valence-corrected chi connectivity index (χ3v) is 9.30. The van der Waals surface area contributed by atoms with Gasteiger partial charge in [-0.1, -0.05) is 6.07 Å². The van der Waals surface area contributed by atoms with Crippen molar-refractivity contribution in [3.8, 4) is 28.7 Å². The number of hydrogen-bond acceptors (Lipinski definition) is 19. The summed E-state index contributed by atoms with van der Waals surface area (Å²) in [5.41, 5.74) is -3.82. The molecule has 2 aromatic carbocycles. The highest BCUT2D eigenvalue weighted by atomic mass is 16.8. The Morgan fingerprint density at radius 2 is 1.59 bits per heavy atom. The minimum absolute atomic E-state index is 0.0840. The van der Waals surface area contributed by atoms with Gasteiger partial charge in [-0.05, 0) is 17.7 Å². The van der Waals surface area contributed by atoms with Gasteiger partial charge in [0.05, 0.1) is 46.6 Å². The molecule has 6 rings (SSSR count). The van der Waals surface area contributed by atoms with Gasteiger partial charge in [-0.15, -0.1) is 0 Å². The smallest absolute Gasteiger partial charge is 0.229 e. The van der Waals surface area contributed by atoms with Crippen LogP contribution in [0.2, 0.25) is 0 Å². The first-order valence-corrected chi connectivity index (χ1v) is 15.9. The van der Waals surface area contributed by atoms with Crippen LogP contribution in [0.4, 0.5) is 0 Å². The number of carbonyl (C=O) groups excluding carboxylic acids is 1. The Bertz CT molecular complexity index is 1570. The number of ketones is 1. The fourth-order valence-electron chi connectivity index (χ4n) is 6.21. The molecule has 10 N–H and O–H groups in total. The average Bonchev–Trinajstić information content (AvgIpc) is 3.56. The van der Waals surface area contributed by atoms with Gasteiger partial charge < -0.3 is 89.0 Å². The largest absolute Gasteiger partial charge is 0.507 e. The first kappa shape index (κ1) is 37.4. The maximum Gasteiger partial charge on any atom is 0.229 e. The Labute approximate surface area is 289 Å². The molecule has 12 atom stereocenters. The molecule has 0 unspecified atom stereocenters. The molecule has 19 heteroatoms. The maximum absolute atomic E-state index is 13.1. The molecule has 2 aromatic rings. The number of methoxy groups -OCH3 is 1. The Hall–Kier alpha value is -3.41. The van der Waals surface area contributed by atoms with E-state index in [1.54, 1.807) is 0 Å². The summed E-state index contributed by atoms with van der Waals surface area (Å²) < 4.78 is 44.5. The summed E-state index contributed by atoms with van der Waals surface area (Å²) in [6, 6.07) is 6.74. The van der Waals surface area contributed by atoms with Crippen molar-refractivity contribution < 1.29 is 93.8 Å². The van der Waals surface area contributed by atoms with E-state index in [9.17, 15) is 55.9 Å². The van der Waals surface area contributed by atoms with Crippen molar-refractivity contribution in [2.75, 3.05) is 40.1 Å². The average molecular weight is 729 g/mol. The van der Waals surface area contributed by atoms with Gasteiger partial charge in [-0.25, -0.2) is 0 Å². The van der Waals surface area contributed by atoms with Crippen LogP contribution >= 0.6 is 0 Å². The molecular formula is C32H40O19. The van der Waals surface area contributed by atoms with Crippen molar-refractivity contribution >= 4 is 5.78 Å². The van der Waals surface area contributed by atoms with Crippen molar-refractivity contribution in [3.05, 3.63) is 41.5 Å². The first-order chi connectivity index (χ1) is 24.2. The van der Waals surface area contributed by atoms with Crippen LogP contribution in [0.5, 0.6) is 28.7 Å². The number of rotatable bonds is 11. The molecule has 0 amide bonds. The van der Waals surface area contributed by atoms with E-state index in [2.05, 4.69) is 0 Å². The number of ether oxygens (including phenoxy) is 8. The van der Waals surface area contributed by atoms with E-state index in [4.69, 9.17) is 37.9 Å². The zero-order valence-corrected chi connectivity index (χ0v) is 27.0. The SMILES string of the molecule is COc1cc([C@@H]2CC(=O)c3c(O)cc(O[C@@H]4O[C@H](CO)[C@H](O)[C@H](O)[C@H]4O[C@@H]4OC[C@@](O)(CO[C@@H]5OC[C@@](O)(CO)[C@H]5O)[C@H]4O)cc3O2)ccc1O. The second kappa shape index (κ2) is 14.5. The van der Waals surface area contributed by atoms with Crippen LogP contribution in [-0.2, 0) is 23.7 Å². The van der Waals surface area contributed by atoms with E-state index in [1.165, 1.54) is 31.4 Å². The van der Waals surface area contributed by atoms with Gasteiger partial charge in [0, 0.05) is 12.1 Å². The molecule has 282 valence electrons. The molecule has 3 fully saturated rings. The molecule has 51 heavy (non-hydrogen) atoms. The van der Waals surface area contributed by atoms with E-state index < -0.39 is 117 Å². The molecule has 0 aromatic heterocycles. The minimum Gasteiger partial charge on any atom is -0.507 e. The lowest BCUT2D eigenvalue weighted by Gasteiger charge is -2.42. The highest BCUT2D eigenvalue weighted by Crippen LogP contribution is 2.44. The normalized spacial score (nSPS) is 37.9. The van der Waals surface area contributed by atoms with Crippen molar-refractivity contribution in [1.82, 2.24) is 0 Å². The fraction of sp³-hybridized carbons (Fsp3) is 0.594. The second-order valence-corrected chi connectivity index (χ2v) is 12.8. The van der Waals surface area contributed by atoms with Gasteiger partial charge in [-0.3, -0.25) is 4.79 Å². The standard InChI is InChI=1S/C32H40O19/c1-44-19-4-13(2-3-15(19)35)18-7-17(37)22-16(36)5-14(6-20(22)49-18)48-28-25(24(39)23(38)21(8-33)50-28)51-30-27(41)32(43,12-47-30)11-46-29-26(40)31(42,9-34)10-45-29/h2-6,18,21,23-30,33-36,38-43H,7-12H2,1H3/t18-,21+,23-,24-,25+,26-,27-,28+,29-,30-,31-,32-/m0/s1. The lowest BCUT2D eigenvalue weighted by Crippen LogP contribution is -2.62. The lowest BCUT2D eigenvalue weighted by molar-refractivity contribution is -0.319. The zero-order chi connectivity index (χ0) is 36.8. The minimum atomic E-state index is -2.18. The Morgan fingerprint density at radius 1 is 0.882 bits per heavy atom. The summed E-state index contributed by atoms with van der Waals surface area (Å²) in [5.74, 6) is -1.21. The van der Waals surface area contributed by atoms with Gasteiger partial charge >= 0.3 is 0 Å². The number of fused-ring (bicyclic) bond motifs is 1. The van der Waals surface area contributed by atoms with Crippen molar-refractivity contribution in [3.63, 3.8) is 0 Å². The fourth-order valence-corrected chi connectivity index (χ4v) is 6.21. The molecule has 0 aliphatic carbocycles. The molecule has 4 aliphatic rings. The number of hydrogen-bond donors (Lipinski definition) is 10. The van der Waals surface area contributed by atoms with E-state index in [0.717, 1.165) is 6.07 Å². The molecule has 19 nitrogen and oxygen atoms in total. The van der Waals surface area contributed by atoms with Crippen LogP contribution in [0.1, 0.15) is 28.4 Å². The molecule has 0 saturated carbocycles. The van der Waals surface area contributed by atoms with E-state index in [-0.39, 0.29) is 35.0 Å². The summed E-state index contributed by atoms with van der Waals surface area (Å²) in [5, 5.41) is 104. The van der Waals surface area contributed by atoms with Crippen LogP contribution in [0, 0.1) is 0 Å². The molecule has 4 aliphatic heterocycles. The van der Waals surface area contributed by atoms with Crippen LogP contribution in [-0.4, -0.2) is 164 Å². The predicted octanol–water partition coefficient (Wildman–Crippen LogP) is -3.08. The second-order valence-electron chi connectivity index (χ2n) is 12.8.